The minimum absolute atomic E-state index is 0.0547. The molecular formula is C29H32Cl2N2O3S. The largest absolute Gasteiger partial charge is 0.497 e. The van der Waals surface area contributed by atoms with Gasteiger partial charge in [-0.25, -0.2) is 0 Å². The molecule has 196 valence electrons. The number of rotatable bonds is 12. The number of hydrogen-bond donors (Lipinski definition) is 1. The highest BCUT2D eigenvalue weighted by Gasteiger charge is 2.30. The lowest BCUT2D eigenvalue weighted by molar-refractivity contribution is -0.139. The van der Waals surface area contributed by atoms with Crippen LogP contribution in [0.25, 0.3) is 0 Å². The van der Waals surface area contributed by atoms with Crippen LogP contribution in [0.5, 0.6) is 5.75 Å². The third-order valence-corrected chi connectivity index (χ3v) is 7.24. The first-order valence-electron chi connectivity index (χ1n) is 12.0. The molecule has 1 N–H and O–H groups in total. The molecule has 8 heteroatoms. The highest BCUT2D eigenvalue weighted by molar-refractivity contribution is 7.99. The highest BCUT2D eigenvalue weighted by atomic mass is 35.5. The first-order valence-corrected chi connectivity index (χ1v) is 14.0. The Morgan fingerprint density at radius 2 is 1.70 bits per heavy atom. The van der Waals surface area contributed by atoms with E-state index in [4.69, 9.17) is 27.9 Å². The van der Waals surface area contributed by atoms with E-state index in [-0.39, 0.29) is 30.2 Å². The maximum atomic E-state index is 13.7. The summed E-state index contributed by atoms with van der Waals surface area (Å²) in [6.45, 7) is 4.11. The Morgan fingerprint density at radius 3 is 2.38 bits per heavy atom. The maximum Gasteiger partial charge on any atom is 0.243 e. The van der Waals surface area contributed by atoms with Crippen LogP contribution < -0.4 is 10.1 Å². The quantitative estimate of drug-likeness (QED) is 0.279. The molecule has 5 nitrogen and oxygen atoms in total. The number of ether oxygens (including phenoxy) is 1. The minimum Gasteiger partial charge on any atom is -0.497 e. The van der Waals surface area contributed by atoms with E-state index < -0.39 is 6.04 Å². The Kier molecular flexibility index (Phi) is 11.2. The fourth-order valence-corrected chi connectivity index (χ4v) is 5.34. The summed E-state index contributed by atoms with van der Waals surface area (Å²) in [6.07, 6.45) is 0.406. The molecule has 0 radical (unpaired) electrons. The summed E-state index contributed by atoms with van der Waals surface area (Å²) < 4.78 is 5.38. The van der Waals surface area contributed by atoms with Crippen molar-refractivity contribution in [1.29, 1.82) is 0 Å². The molecule has 0 aliphatic rings. The molecule has 3 aromatic carbocycles. The molecular weight excluding hydrogens is 527 g/mol. The van der Waals surface area contributed by atoms with E-state index in [2.05, 4.69) is 5.32 Å². The van der Waals surface area contributed by atoms with Crippen molar-refractivity contribution in [2.75, 3.05) is 12.9 Å². The van der Waals surface area contributed by atoms with E-state index >= 15 is 0 Å². The van der Waals surface area contributed by atoms with Crippen LogP contribution >= 0.6 is 35.0 Å². The predicted molar refractivity (Wildman–Crippen MR) is 153 cm³/mol. The van der Waals surface area contributed by atoms with Crippen molar-refractivity contribution in [3.63, 3.8) is 0 Å². The summed E-state index contributed by atoms with van der Waals surface area (Å²) in [4.78, 5) is 28.8. The molecule has 0 aliphatic carbocycles. The Balaban J connectivity index is 1.87. The molecule has 0 heterocycles. The molecule has 1 atom stereocenters. The Labute approximate surface area is 233 Å². The lowest BCUT2D eigenvalue weighted by Crippen LogP contribution is -2.52. The van der Waals surface area contributed by atoms with E-state index in [9.17, 15) is 9.59 Å². The SMILES string of the molecule is COc1cccc(CN(C(=O)CSCc2ccc(Cl)cc2Cl)[C@H](Cc2ccccc2)C(=O)NC(C)C)c1. The Hall–Kier alpha value is -2.67. The molecule has 0 aliphatic heterocycles. The molecule has 0 saturated heterocycles. The zero-order chi connectivity index (χ0) is 26.8. The van der Waals surface area contributed by atoms with Gasteiger partial charge in [-0.2, -0.15) is 0 Å². The van der Waals surface area contributed by atoms with E-state index in [0.29, 0.717) is 28.0 Å². The van der Waals surface area contributed by atoms with Gasteiger partial charge in [0, 0.05) is 34.8 Å². The van der Waals surface area contributed by atoms with Gasteiger partial charge in [0.1, 0.15) is 11.8 Å². The van der Waals surface area contributed by atoms with Gasteiger partial charge < -0.3 is 15.0 Å². The fourth-order valence-electron chi connectivity index (χ4n) is 3.87. The van der Waals surface area contributed by atoms with Crippen LogP contribution in [0.3, 0.4) is 0 Å². The summed E-state index contributed by atoms with van der Waals surface area (Å²) in [5, 5.41) is 4.14. The number of hydrogen-bond acceptors (Lipinski definition) is 4. The van der Waals surface area contributed by atoms with E-state index in [0.717, 1.165) is 16.7 Å². The van der Waals surface area contributed by atoms with Crippen molar-refractivity contribution in [2.45, 2.75) is 44.6 Å². The second-order valence-corrected chi connectivity index (χ2v) is 10.8. The van der Waals surface area contributed by atoms with Crippen LogP contribution in [0.1, 0.15) is 30.5 Å². The molecule has 0 fully saturated rings. The van der Waals surface area contributed by atoms with Crippen molar-refractivity contribution in [1.82, 2.24) is 10.2 Å². The number of amides is 2. The molecule has 0 unspecified atom stereocenters. The lowest BCUT2D eigenvalue weighted by atomic mass is 10.0. The smallest absolute Gasteiger partial charge is 0.243 e. The highest BCUT2D eigenvalue weighted by Crippen LogP contribution is 2.26. The zero-order valence-corrected chi connectivity index (χ0v) is 23.6. The van der Waals surface area contributed by atoms with Crippen LogP contribution in [0.4, 0.5) is 0 Å². The van der Waals surface area contributed by atoms with Crippen molar-refractivity contribution < 1.29 is 14.3 Å². The molecule has 3 rings (SSSR count). The van der Waals surface area contributed by atoms with Gasteiger partial charge in [0.05, 0.1) is 12.9 Å². The number of nitrogens with zero attached hydrogens (tertiary/aromatic N) is 1. The fraction of sp³-hybridized carbons (Fsp3) is 0.310. The molecule has 0 saturated carbocycles. The number of benzene rings is 3. The number of nitrogens with one attached hydrogen (secondary N) is 1. The summed E-state index contributed by atoms with van der Waals surface area (Å²) >= 11 is 13.8. The second-order valence-electron chi connectivity index (χ2n) is 8.97. The summed E-state index contributed by atoms with van der Waals surface area (Å²) in [7, 11) is 1.61. The third kappa shape index (κ3) is 8.99. The Bertz CT molecular complexity index is 1190. The van der Waals surface area contributed by atoms with Gasteiger partial charge in [0.2, 0.25) is 11.8 Å². The first kappa shape index (κ1) is 28.9. The summed E-state index contributed by atoms with van der Waals surface area (Å²) in [5.41, 5.74) is 2.77. The average Bonchev–Trinajstić information content (AvgIpc) is 2.87. The van der Waals surface area contributed by atoms with E-state index in [1.165, 1.54) is 11.8 Å². The molecule has 37 heavy (non-hydrogen) atoms. The van der Waals surface area contributed by atoms with Crippen molar-refractivity contribution in [3.8, 4) is 5.75 Å². The predicted octanol–water partition coefficient (Wildman–Crippen LogP) is 6.40. The van der Waals surface area contributed by atoms with Gasteiger partial charge in [-0.05, 0) is 54.8 Å². The van der Waals surface area contributed by atoms with Crippen molar-refractivity contribution >= 4 is 46.8 Å². The first-order chi connectivity index (χ1) is 17.8. The van der Waals surface area contributed by atoms with Crippen LogP contribution in [-0.4, -0.2) is 41.7 Å². The average molecular weight is 560 g/mol. The van der Waals surface area contributed by atoms with Gasteiger partial charge in [-0.3, -0.25) is 9.59 Å². The third-order valence-electron chi connectivity index (χ3n) is 5.69. The van der Waals surface area contributed by atoms with Crippen LogP contribution in [-0.2, 0) is 28.3 Å². The molecule has 3 aromatic rings. The maximum absolute atomic E-state index is 13.7. The number of carbonyl (C=O) groups excluding carboxylic acids is 2. The molecule has 0 spiro atoms. The topological polar surface area (TPSA) is 58.6 Å². The van der Waals surface area contributed by atoms with Crippen molar-refractivity contribution in [3.05, 3.63) is 99.5 Å². The lowest BCUT2D eigenvalue weighted by Gasteiger charge is -2.32. The van der Waals surface area contributed by atoms with Crippen LogP contribution in [0.15, 0.2) is 72.8 Å². The number of halogens is 2. The second kappa shape index (κ2) is 14.3. The van der Waals surface area contributed by atoms with E-state index in [1.807, 2.05) is 74.5 Å². The van der Waals surface area contributed by atoms with Gasteiger partial charge >= 0.3 is 0 Å². The summed E-state index contributed by atoms with van der Waals surface area (Å²) in [5.74, 6) is 1.14. The van der Waals surface area contributed by atoms with Crippen LogP contribution in [0.2, 0.25) is 10.0 Å². The van der Waals surface area contributed by atoms with Gasteiger partial charge in [-0.15, -0.1) is 11.8 Å². The Morgan fingerprint density at radius 1 is 0.973 bits per heavy atom. The summed E-state index contributed by atoms with van der Waals surface area (Å²) in [6, 6.07) is 21.9. The minimum atomic E-state index is -0.678. The monoisotopic (exact) mass is 558 g/mol. The van der Waals surface area contributed by atoms with Crippen molar-refractivity contribution in [2.24, 2.45) is 0 Å². The van der Waals surface area contributed by atoms with Gasteiger partial charge in [0.15, 0.2) is 0 Å². The number of methoxy groups -OCH3 is 1. The van der Waals surface area contributed by atoms with Gasteiger partial charge in [-0.1, -0.05) is 71.7 Å². The number of carbonyl (C=O) groups is 2. The zero-order valence-electron chi connectivity index (χ0n) is 21.2. The standard InChI is InChI=1S/C29H32Cl2N2O3S/c1-20(2)32-29(35)27(15-21-8-5-4-6-9-21)33(17-22-10-7-11-25(14-22)36-3)28(34)19-37-18-23-12-13-24(30)16-26(23)31/h4-14,16,20,27H,15,17-19H2,1-3H3,(H,32,35)/t27-/m1/s1. The molecule has 0 aromatic heterocycles. The van der Waals surface area contributed by atoms with Crippen LogP contribution in [0, 0.1) is 0 Å². The number of thioether (sulfide) groups is 1. The van der Waals surface area contributed by atoms with Gasteiger partial charge in [0.25, 0.3) is 0 Å². The molecule has 2 amide bonds. The molecule has 0 bridgehead atoms. The normalized spacial score (nSPS) is 11.7. The van der Waals surface area contributed by atoms with E-state index in [1.54, 1.807) is 24.1 Å².